The Labute approximate surface area is 111 Å². The van der Waals surface area contributed by atoms with Crippen LogP contribution in [0.25, 0.3) is 16.4 Å². The summed E-state index contributed by atoms with van der Waals surface area (Å²) in [5.74, 6) is 0. The van der Waals surface area contributed by atoms with Gasteiger partial charge in [-0.15, -0.1) is 10.2 Å². The molecule has 0 fully saturated rings. The topological polar surface area (TPSA) is 96.3 Å². The van der Waals surface area contributed by atoms with Gasteiger partial charge in [-0.25, -0.2) is 18.6 Å². The molecule has 0 radical (unpaired) electrons. The van der Waals surface area contributed by atoms with Gasteiger partial charge < -0.3 is 0 Å². The predicted octanol–water partition coefficient (Wildman–Crippen LogP) is -2.18. The van der Waals surface area contributed by atoms with E-state index in [-0.39, 0.29) is 0 Å². The molecule has 0 amide bonds. The summed E-state index contributed by atoms with van der Waals surface area (Å²) in [6.07, 6.45) is 2.09. The van der Waals surface area contributed by atoms with Crippen molar-refractivity contribution in [2.45, 2.75) is 0 Å². The molecular formula is C13H10ClNO4. The first-order chi connectivity index (χ1) is 8.95. The van der Waals surface area contributed by atoms with E-state index in [1.54, 1.807) is 0 Å². The Morgan fingerprint density at radius 3 is 2.11 bits per heavy atom. The van der Waals surface area contributed by atoms with Crippen LogP contribution in [-0.4, -0.2) is 0 Å². The van der Waals surface area contributed by atoms with Crippen LogP contribution < -0.4 is 23.0 Å². The Hall–Kier alpha value is -1.76. The summed E-state index contributed by atoms with van der Waals surface area (Å²) in [5, 5.41) is 1.27. The third kappa shape index (κ3) is 3.85. The van der Waals surface area contributed by atoms with E-state index in [1.165, 1.54) is 16.4 Å². The summed E-state index contributed by atoms with van der Waals surface area (Å²) in [7, 11) is -4.94. The van der Waals surface area contributed by atoms with Crippen molar-refractivity contribution in [1.82, 2.24) is 0 Å². The number of fused-ring (bicyclic) bond motifs is 3. The third-order valence-corrected chi connectivity index (χ3v) is 2.52. The average Bonchev–Trinajstić information content (AvgIpc) is 2.37. The van der Waals surface area contributed by atoms with Gasteiger partial charge >= 0.3 is 0 Å². The van der Waals surface area contributed by atoms with Crippen LogP contribution >= 0.6 is 0 Å². The fourth-order valence-electron chi connectivity index (χ4n) is 1.83. The van der Waals surface area contributed by atoms with Gasteiger partial charge in [-0.1, -0.05) is 12.1 Å². The Bertz CT molecular complexity index is 636. The predicted molar refractivity (Wildman–Crippen MR) is 57.1 cm³/mol. The SMILES string of the molecule is [O-][Cl+3]([O-])([O-])[O-].c1ccc2c(c1)ccc1cccc[n+]12. The van der Waals surface area contributed by atoms with Crippen LogP contribution in [-0.2, 0) is 0 Å². The van der Waals surface area contributed by atoms with Gasteiger partial charge in [0.25, 0.3) is 0 Å². The molecule has 0 aliphatic rings. The van der Waals surface area contributed by atoms with Crippen LogP contribution in [0.3, 0.4) is 0 Å². The fraction of sp³-hybridized carbons (Fsp3) is 0. The molecule has 0 atom stereocenters. The molecule has 98 valence electrons. The van der Waals surface area contributed by atoms with Crippen molar-refractivity contribution in [2.24, 2.45) is 0 Å². The lowest BCUT2D eigenvalue weighted by Gasteiger charge is -2.17. The molecule has 6 heteroatoms. The average molecular weight is 280 g/mol. The van der Waals surface area contributed by atoms with Crippen molar-refractivity contribution in [2.75, 3.05) is 0 Å². The van der Waals surface area contributed by atoms with E-state index in [0.717, 1.165) is 0 Å². The third-order valence-electron chi connectivity index (χ3n) is 2.52. The summed E-state index contributed by atoms with van der Waals surface area (Å²) in [6, 6.07) is 18.9. The smallest absolute Gasteiger partial charge is 0.218 e. The van der Waals surface area contributed by atoms with E-state index < -0.39 is 10.2 Å². The van der Waals surface area contributed by atoms with Gasteiger partial charge in [0.1, 0.15) is 0 Å². The van der Waals surface area contributed by atoms with Crippen molar-refractivity contribution in [1.29, 1.82) is 0 Å². The van der Waals surface area contributed by atoms with Crippen LogP contribution in [0.1, 0.15) is 0 Å². The Balaban J connectivity index is 0.000000232. The molecule has 1 aromatic carbocycles. The zero-order valence-electron chi connectivity index (χ0n) is 9.73. The number of rotatable bonds is 0. The number of benzene rings is 1. The van der Waals surface area contributed by atoms with Crippen molar-refractivity contribution >= 4 is 16.4 Å². The van der Waals surface area contributed by atoms with E-state index in [0.29, 0.717) is 0 Å². The van der Waals surface area contributed by atoms with Crippen LogP contribution in [0.15, 0.2) is 60.8 Å². The minimum Gasteiger partial charge on any atom is -0.222 e. The minimum absolute atomic E-state index is 1.23. The number of aromatic nitrogens is 1. The van der Waals surface area contributed by atoms with Gasteiger partial charge in [0, 0.05) is 29.7 Å². The number of halogens is 1. The zero-order chi connectivity index (χ0) is 13.9. The summed E-state index contributed by atoms with van der Waals surface area (Å²) < 4.78 is 36.2. The molecule has 2 aromatic heterocycles. The Morgan fingerprint density at radius 1 is 0.737 bits per heavy atom. The lowest BCUT2D eigenvalue weighted by Crippen LogP contribution is -2.68. The molecule has 0 saturated heterocycles. The second kappa shape index (κ2) is 5.48. The lowest BCUT2D eigenvalue weighted by molar-refractivity contribution is -2.00. The molecule has 0 unspecified atom stereocenters. The maximum absolute atomic E-state index is 8.49. The number of hydrogen-bond donors (Lipinski definition) is 0. The Kier molecular flexibility index (Phi) is 3.94. The van der Waals surface area contributed by atoms with Crippen LogP contribution in [0.2, 0.25) is 0 Å². The maximum Gasteiger partial charge on any atom is 0.218 e. The second-order valence-corrected chi connectivity index (χ2v) is 4.52. The van der Waals surface area contributed by atoms with E-state index in [1.807, 2.05) is 0 Å². The van der Waals surface area contributed by atoms with Crippen molar-refractivity contribution in [3.63, 3.8) is 0 Å². The van der Waals surface area contributed by atoms with E-state index >= 15 is 0 Å². The number of nitrogens with zero attached hydrogens (tertiary/aromatic N) is 1. The molecule has 0 N–H and O–H groups in total. The second-order valence-electron chi connectivity index (χ2n) is 3.77. The van der Waals surface area contributed by atoms with Crippen LogP contribution in [0.4, 0.5) is 0 Å². The van der Waals surface area contributed by atoms with Gasteiger partial charge in [0.05, 0.1) is 0 Å². The first kappa shape index (κ1) is 13.7. The first-order valence-electron chi connectivity index (χ1n) is 5.35. The van der Waals surface area contributed by atoms with Crippen LogP contribution in [0.5, 0.6) is 0 Å². The summed E-state index contributed by atoms with van der Waals surface area (Å²) >= 11 is 0. The molecule has 5 nitrogen and oxygen atoms in total. The van der Waals surface area contributed by atoms with Gasteiger partial charge in [0.2, 0.25) is 11.0 Å². The summed E-state index contributed by atoms with van der Waals surface area (Å²) in [4.78, 5) is 0. The molecule has 0 spiro atoms. The van der Waals surface area contributed by atoms with E-state index in [4.69, 9.17) is 18.6 Å². The van der Waals surface area contributed by atoms with Gasteiger partial charge in [-0.3, -0.25) is 0 Å². The minimum atomic E-state index is -4.94. The Morgan fingerprint density at radius 2 is 1.37 bits per heavy atom. The number of para-hydroxylation sites is 1. The first-order valence-corrected chi connectivity index (χ1v) is 6.58. The molecule has 0 aliphatic heterocycles. The molecule has 0 saturated carbocycles. The van der Waals surface area contributed by atoms with E-state index in [2.05, 4.69) is 65.2 Å². The monoisotopic (exact) mass is 279 g/mol. The highest BCUT2D eigenvalue weighted by Crippen LogP contribution is 2.10. The number of hydrogen-bond acceptors (Lipinski definition) is 4. The molecule has 2 heterocycles. The summed E-state index contributed by atoms with van der Waals surface area (Å²) in [5.41, 5.74) is 2.48. The zero-order valence-corrected chi connectivity index (χ0v) is 10.5. The summed E-state index contributed by atoms with van der Waals surface area (Å²) in [6.45, 7) is 0. The molecule has 3 rings (SSSR count). The van der Waals surface area contributed by atoms with Gasteiger partial charge in [-0.2, -0.15) is 4.40 Å². The van der Waals surface area contributed by atoms with Gasteiger partial charge in [-0.05, 0) is 18.2 Å². The van der Waals surface area contributed by atoms with Crippen molar-refractivity contribution in [3.8, 4) is 0 Å². The van der Waals surface area contributed by atoms with Crippen LogP contribution in [0, 0.1) is 10.2 Å². The normalized spacial score (nSPS) is 11.2. The van der Waals surface area contributed by atoms with E-state index in [9.17, 15) is 0 Å². The molecule has 0 bridgehead atoms. The van der Waals surface area contributed by atoms with Gasteiger partial charge in [0.15, 0.2) is 6.20 Å². The highest BCUT2D eigenvalue weighted by Gasteiger charge is 2.05. The highest BCUT2D eigenvalue weighted by atomic mass is 35.7. The number of pyridine rings is 2. The van der Waals surface area contributed by atoms with Crippen molar-refractivity contribution < 1.29 is 33.3 Å². The molecular weight excluding hydrogens is 270 g/mol. The molecule has 19 heavy (non-hydrogen) atoms. The fourth-order valence-corrected chi connectivity index (χ4v) is 1.83. The van der Waals surface area contributed by atoms with Crippen molar-refractivity contribution in [3.05, 3.63) is 60.8 Å². The lowest BCUT2D eigenvalue weighted by atomic mass is 10.2. The quantitative estimate of drug-likeness (QED) is 0.345. The molecule has 3 aromatic rings. The highest BCUT2D eigenvalue weighted by molar-refractivity contribution is 5.77. The standard InChI is InChI=1S/C13H10N.ClHO4/c1-2-7-13-11(5-1)8-9-12-6-3-4-10-14(12)13;2-1(3,4)5/h1-10H;(H,2,3,4,5)/q+1;/p-1. The maximum atomic E-state index is 8.49. The largest absolute Gasteiger partial charge is 0.222 e. The molecule has 0 aliphatic carbocycles.